The molecule has 0 saturated carbocycles. The summed E-state index contributed by atoms with van der Waals surface area (Å²) in [5, 5.41) is 11.5. The molecule has 1 N–H and O–H groups in total. The highest BCUT2D eigenvalue weighted by Gasteiger charge is 2.18. The summed E-state index contributed by atoms with van der Waals surface area (Å²) in [6.45, 7) is 6.47. The molecule has 1 aromatic heterocycles. The quantitative estimate of drug-likeness (QED) is 0.860. The second-order valence-electron chi connectivity index (χ2n) is 6.59. The van der Waals surface area contributed by atoms with Crippen molar-refractivity contribution in [3.8, 4) is 5.75 Å². The summed E-state index contributed by atoms with van der Waals surface area (Å²) >= 11 is 0. The van der Waals surface area contributed by atoms with Gasteiger partial charge in [-0.2, -0.15) is 0 Å². The molecular formula is C19H27N3O3. The van der Waals surface area contributed by atoms with Crippen LogP contribution in [0.4, 0.5) is 5.69 Å². The molecule has 0 radical (unpaired) electrons. The van der Waals surface area contributed by atoms with Gasteiger partial charge in [-0.3, -0.25) is 4.90 Å². The van der Waals surface area contributed by atoms with E-state index in [-0.39, 0.29) is 0 Å². The summed E-state index contributed by atoms with van der Waals surface area (Å²) in [6, 6.07) is 8.00. The summed E-state index contributed by atoms with van der Waals surface area (Å²) in [4.78, 5) is 8.98. The van der Waals surface area contributed by atoms with Gasteiger partial charge in [0.05, 0.1) is 26.4 Å². The van der Waals surface area contributed by atoms with E-state index in [9.17, 15) is 5.11 Å². The average Bonchev–Trinajstić information content (AvgIpc) is 2.61. The van der Waals surface area contributed by atoms with Crippen LogP contribution in [0, 0.1) is 6.92 Å². The number of fused-ring (bicyclic) bond motifs is 1. The number of rotatable bonds is 6. The molecule has 1 unspecified atom stereocenters. The third kappa shape index (κ3) is 4.21. The van der Waals surface area contributed by atoms with E-state index in [0.29, 0.717) is 13.1 Å². The second kappa shape index (κ2) is 7.99. The molecule has 1 fully saturated rings. The number of aliphatic hydroxyl groups is 1. The van der Waals surface area contributed by atoms with E-state index >= 15 is 0 Å². The highest BCUT2D eigenvalue weighted by atomic mass is 16.5. The van der Waals surface area contributed by atoms with Gasteiger partial charge < -0.3 is 19.5 Å². The SMILES string of the molecule is COc1cccc2c(N(C)CC(O)CN3CCOCC3)cc(C)nc12. The van der Waals surface area contributed by atoms with Crippen molar-refractivity contribution in [1.82, 2.24) is 9.88 Å². The number of aryl methyl sites for hydroxylation is 1. The van der Waals surface area contributed by atoms with Crippen LogP contribution >= 0.6 is 0 Å². The molecule has 0 spiro atoms. The fourth-order valence-electron chi connectivity index (χ4n) is 3.36. The first-order valence-electron chi connectivity index (χ1n) is 8.72. The number of hydrogen-bond acceptors (Lipinski definition) is 6. The van der Waals surface area contributed by atoms with Crippen molar-refractivity contribution < 1.29 is 14.6 Å². The van der Waals surface area contributed by atoms with E-state index in [1.54, 1.807) is 7.11 Å². The maximum absolute atomic E-state index is 10.5. The number of methoxy groups -OCH3 is 1. The third-order valence-corrected chi connectivity index (χ3v) is 4.60. The largest absolute Gasteiger partial charge is 0.494 e. The number of pyridine rings is 1. The summed E-state index contributed by atoms with van der Waals surface area (Å²) in [5.41, 5.74) is 2.85. The van der Waals surface area contributed by atoms with Gasteiger partial charge in [-0.25, -0.2) is 4.98 Å². The summed E-state index contributed by atoms with van der Waals surface area (Å²) in [6.07, 6.45) is -0.419. The monoisotopic (exact) mass is 345 g/mol. The zero-order chi connectivity index (χ0) is 17.8. The van der Waals surface area contributed by atoms with Gasteiger partial charge in [-0.05, 0) is 19.1 Å². The van der Waals surface area contributed by atoms with Gasteiger partial charge in [0.1, 0.15) is 11.3 Å². The van der Waals surface area contributed by atoms with Gasteiger partial charge in [0.25, 0.3) is 0 Å². The number of β-amino-alcohol motifs (C(OH)–C–C–N with tert-alkyl or cyclic N) is 1. The third-order valence-electron chi connectivity index (χ3n) is 4.60. The Morgan fingerprint density at radius 2 is 2.12 bits per heavy atom. The van der Waals surface area contributed by atoms with Crippen LogP contribution in [0.1, 0.15) is 5.69 Å². The van der Waals surface area contributed by atoms with Crippen LogP contribution in [-0.2, 0) is 4.74 Å². The number of aliphatic hydroxyl groups excluding tert-OH is 1. The highest BCUT2D eigenvalue weighted by Crippen LogP contribution is 2.31. The smallest absolute Gasteiger partial charge is 0.145 e. The molecule has 0 amide bonds. The molecule has 2 aromatic rings. The lowest BCUT2D eigenvalue weighted by Gasteiger charge is -2.31. The van der Waals surface area contributed by atoms with Crippen molar-refractivity contribution in [1.29, 1.82) is 0 Å². The minimum Gasteiger partial charge on any atom is -0.494 e. The predicted molar refractivity (Wildman–Crippen MR) is 99.6 cm³/mol. The molecule has 1 aliphatic heterocycles. The molecule has 25 heavy (non-hydrogen) atoms. The van der Waals surface area contributed by atoms with Crippen LogP contribution in [0.25, 0.3) is 10.9 Å². The minimum atomic E-state index is -0.419. The van der Waals surface area contributed by atoms with Crippen molar-refractivity contribution in [2.45, 2.75) is 13.0 Å². The number of aromatic nitrogens is 1. The number of anilines is 1. The Hall–Kier alpha value is -1.89. The van der Waals surface area contributed by atoms with Gasteiger partial charge in [0.2, 0.25) is 0 Å². The van der Waals surface area contributed by atoms with Gasteiger partial charge in [0.15, 0.2) is 0 Å². The van der Waals surface area contributed by atoms with Crippen LogP contribution in [0.3, 0.4) is 0 Å². The molecule has 0 aliphatic carbocycles. The zero-order valence-electron chi connectivity index (χ0n) is 15.2. The number of nitrogens with zero attached hydrogens (tertiary/aromatic N) is 3. The molecule has 2 heterocycles. The van der Waals surface area contributed by atoms with E-state index in [1.807, 2.05) is 32.2 Å². The van der Waals surface area contributed by atoms with E-state index < -0.39 is 6.10 Å². The van der Waals surface area contributed by atoms with Crippen molar-refractivity contribution in [3.05, 3.63) is 30.0 Å². The molecule has 1 aromatic carbocycles. The van der Waals surface area contributed by atoms with Crippen LogP contribution in [0.5, 0.6) is 5.75 Å². The fraction of sp³-hybridized carbons (Fsp3) is 0.526. The first-order chi connectivity index (χ1) is 12.1. The number of likely N-dealkylation sites (N-methyl/N-ethyl adjacent to an activating group) is 1. The number of para-hydroxylation sites is 1. The Labute approximate surface area is 149 Å². The maximum atomic E-state index is 10.5. The van der Waals surface area contributed by atoms with E-state index in [2.05, 4.69) is 20.9 Å². The molecule has 0 bridgehead atoms. The van der Waals surface area contributed by atoms with E-state index in [0.717, 1.165) is 54.3 Å². The van der Waals surface area contributed by atoms with Crippen LogP contribution < -0.4 is 9.64 Å². The maximum Gasteiger partial charge on any atom is 0.145 e. The van der Waals surface area contributed by atoms with E-state index in [1.165, 1.54) is 0 Å². The first-order valence-corrected chi connectivity index (χ1v) is 8.72. The topological polar surface area (TPSA) is 58.1 Å². The van der Waals surface area contributed by atoms with Crippen molar-refractivity contribution in [3.63, 3.8) is 0 Å². The molecule has 1 aliphatic rings. The summed E-state index contributed by atoms with van der Waals surface area (Å²) < 4.78 is 10.8. The molecule has 1 saturated heterocycles. The van der Waals surface area contributed by atoms with Gasteiger partial charge >= 0.3 is 0 Å². The van der Waals surface area contributed by atoms with Crippen LogP contribution in [0.2, 0.25) is 0 Å². The lowest BCUT2D eigenvalue weighted by Crippen LogP contribution is -2.44. The minimum absolute atomic E-state index is 0.419. The molecule has 6 heteroatoms. The lowest BCUT2D eigenvalue weighted by atomic mass is 10.1. The van der Waals surface area contributed by atoms with Crippen molar-refractivity contribution in [2.24, 2.45) is 0 Å². The number of benzene rings is 1. The first kappa shape index (κ1) is 17.9. The Balaban J connectivity index is 1.78. The molecule has 3 rings (SSSR count). The number of hydrogen-bond donors (Lipinski definition) is 1. The second-order valence-corrected chi connectivity index (χ2v) is 6.59. The van der Waals surface area contributed by atoms with Gasteiger partial charge in [-0.1, -0.05) is 12.1 Å². The molecule has 1 atom stereocenters. The van der Waals surface area contributed by atoms with Gasteiger partial charge in [0, 0.05) is 50.0 Å². The lowest BCUT2D eigenvalue weighted by molar-refractivity contribution is 0.0163. The Morgan fingerprint density at radius 1 is 1.36 bits per heavy atom. The predicted octanol–water partition coefficient (Wildman–Crippen LogP) is 1.68. The fourth-order valence-corrected chi connectivity index (χ4v) is 3.36. The average molecular weight is 345 g/mol. The van der Waals surface area contributed by atoms with Crippen LogP contribution in [0.15, 0.2) is 24.3 Å². The summed E-state index contributed by atoms with van der Waals surface area (Å²) in [7, 11) is 3.67. The number of morpholine rings is 1. The standard InChI is InChI=1S/C19H27N3O3/c1-14-11-17(16-5-4-6-18(24-3)19(16)20-14)21(2)12-15(23)13-22-7-9-25-10-8-22/h4-6,11,15,23H,7-10,12-13H2,1-3H3. The van der Waals surface area contributed by atoms with Crippen molar-refractivity contribution >= 4 is 16.6 Å². The van der Waals surface area contributed by atoms with Gasteiger partial charge in [-0.15, -0.1) is 0 Å². The van der Waals surface area contributed by atoms with Crippen LogP contribution in [-0.4, -0.2) is 74.6 Å². The molecular weight excluding hydrogens is 318 g/mol. The Morgan fingerprint density at radius 3 is 2.84 bits per heavy atom. The Bertz CT molecular complexity index is 716. The van der Waals surface area contributed by atoms with E-state index in [4.69, 9.17) is 9.47 Å². The van der Waals surface area contributed by atoms with Crippen molar-refractivity contribution in [2.75, 3.05) is 58.5 Å². The molecule has 6 nitrogen and oxygen atoms in total. The number of ether oxygens (including phenoxy) is 2. The molecule has 136 valence electrons. The zero-order valence-corrected chi connectivity index (χ0v) is 15.2. The normalized spacial score (nSPS) is 16.8. The highest BCUT2D eigenvalue weighted by molar-refractivity contribution is 5.95. The summed E-state index contributed by atoms with van der Waals surface area (Å²) in [5.74, 6) is 0.768. The Kier molecular flexibility index (Phi) is 5.73.